The summed E-state index contributed by atoms with van der Waals surface area (Å²) in [5, 5.41) is 4.17. The van der Waals surface area contributed by atoms with Gasteiger partial charge in [-0.2, -0.15) is 5.10 Å². The van der Waals surface area contributed by atoms with Crippen molar-refractivity contribution < 1.29 is 9.53 Å². The third-order valence-corrected chi connectivity index (χ3v) is 3.27. The Balaban J connectivity index is 2.17. The molecule has 0 spiro atoms. The van der Waals surface area contributed by atoms with Crippen molar-refractivity contribution in [2.45, 2.75) is 26.1 Å². The van der Waals surface area contributed by atoms with Crippen LogP contribution in [0.4, 0.5) is 0 Å². The first kappa shape index (κ1) is 12.6. The summed E-state index contributed by atoms with van der Waals surface area (Å²) in [4.78, 5) is 14.1. The maximum Gasteiger partial charge on any atom is 0.275 e. The van der Waals surface area contributed by atoms with Gasteiger partial charge in [-0.15, -0.1) is 0 Å². The number of halogens is 1. The average molecular weight is 302 g/mol. The second-order valence-corrected chi connectivity index (χ2v) is 5.32. The van der Waals surface area contributed by atoms with Gasteiger partial charge in [0.05, 0.1) is 16.7 Å². The summed E-state index contributed by atoms with van der Waals surface area (Å²) >= 11 is 3.35. The molecule has 1 aliphatic rings. The van der Waals surface area contributed by atoms with Crippen molar-refractivity contribution >= 4 is 21.8 Å². The molecule has 1 aromatic rings. The van der Waals surface area contributed by atoms with Gasteiger partial charge in [0.25, 0.3) is 5.91 Å². The van der Waals surface area contributed by atoms with Crippen LogP contribution in [0.5, 0.6) is 0 Å². The summed E-state index contributed by atoms with van der Waals surface area (Å²) in [6.07, 6.45) is 1.93. The van der Waals surface area contributed by atoms with Crippen molar-refractivity contribution in [2.24, 2.45) is 7.05 Å². The van der Waals surface area contributed by atoms with Crippen molar-refractivity contribution in [3.63, 3.8) is 0 Å². The summed E-state index contributed by atoms with van der Waals surface area (Å²) in [6, 6.07) is 0. The molecule has 17 heavy (non-hydrogen) atoms. The minimum absolute atomic E-state index is 0.0422. The Labute approximate surface area is 109 Å². The quantitative estimate of drug-likeness (QED) is 0.788. The predicted molar refractivity (Wildman–Crippen MR) is 66.8 cm³/mol. The molecule has 6 heteroatoms. The van der Waals surface area contributed by atoms with Crippen LogP contribution in [0.25, 0.3) is 0 Å². The van der Waals surface area contributed by atoms with Crippen molar-refractivity contribution in [3.8, 4) is 0 Å². The van der Waals surface area contributed by atoms with Gasteiger partial charge in [0, 0.05) is 26.3 Å². The van der Waals surface area contributed by atoms with Crippen LogP contribution < -0.4 is 0 Å². The Morgan fingerprint density at radius 3 is 2.53 bits per heavy atom. The third kappa shape index (κ3) is 2.69. The molecule has 0 unspecified atom stereocenters. The smallest absolute Gasteiger partial charge is 0.275 e. The van der Waals surface area contributed by atoms with Gasteiger partial charge in [-0.05, 0) is 29.8 Å². The molecule has 2 rings (SSSR count). The van der Waals surface area contributed by atoms with Gasteiger partial charge in [0.1, 0.15) is 0 Å². The maximum absolute atomic E-state index is 12.3. The average Bonchev–Trinajstić information content (AvgIpc) is 2.55. The van der Waals surface area contributed by atoms with E-state index in [0.717, 1.165) is 4.47 Å². The molecule has 1 aromatic heterocycles. The molecule has 2 heterocycles. The predicted octanol–water partition coefficient (Wildman–Crippen LogP) is 1.43. The Bertz CT molecular complexity index is 422. The number of carbonyl (C=O) groups excluding carboxylic acids is 1. The van der Waals surface area contributed by atoms with E-state index >= 15 is 0 Å². The zero-order valence-corrected chi connectivity index (χ0v) is 11.8. The molecule has 1 amide bonds. The van der Waals surface area contributed by atoms with Gasteiger partial charge < -0.3 is 9.64 Å². The summed E-state index contributed by atoms with van der Waals surface area (Å²) in [5.41, 5.74) is 0.466. The summed E-state index contributed by atoms with van der Waals surface area (Å²) in [7, 11) is 1.80. The summed E-state index contributed by atoms with van der Waals surface area (Å²) < 4.78 is 7.97. The molecule has 94 valence electrons. The maximum atomic E-state index is 12.3. The molecule has 0 bridgehead atoms. The van der Waals surface area contributed by atoms with Gasteiger partial charge in [-0.3, -0.25) is 9.48 Å². The first-order valence-corrected chi connectivity index (χ1v) is 6.40. The minimum Gasteiger partial charge on any atom is -0.372 e. The summed E-state index contributed by atoms with van der Waals surface area (Å²) in [5.74, 6) is -0.0422. The van der Waals surface area contributed by atoms with Gasteiger partial charge in [-0.25, -0.2) is 0 Å². The normalized spacial score (nSPS) is 25.1. The molecule has 0 aromatic carbocycles. The molecular formula is C11H16BrN3O2. The van der Waals surface area contributed by atoms with E-state index in [1.165, 1.54) is 0 Å². The number of ether oxygens (including phenoxy) is 1. The fourth-order valence-electron chi connectivity index (χ4n) is 2.10. The van der Waals surface area contributed by atoms with Gasteiger partial charge in [0.15, 0.2) is 5.69 Å². The van der Waals surface area contributed by atoms with E-state index in [0.29, 0.717) is 18.8 Å². The lowest BCUT2D eigenvalue weighted by Gasteiger charge is -2.34. The highest BCUT2D eigenvalue weighted by Gasteiger charge is 2.28. The number of aryl methyl sites for hydroxylation is 1. The highest BCUT2D eigenvalue weighted by molar-refractivity contribution is 9.10. The molecule has 0 radical (unpaired) electrons. The minimum atomic E-state index is -0.0422. The second kappa shape index (κ2) is 4.78. The molecule has 5 nitrogen and oxygen atoms in total. The second-order valence-electron chi connectivity index (χ2n) is 4.47. The number of nitrogens with zero attached hydrogens (tertiary/aromatic N) is 3. The van der Waals surface area contributed by atoms with Crippen molar-refractivity contribution in [3.05, 3.63) is 16.4 Å². The van der Waals surface area contributed by atoms with Crippen molar-refractivity contribution in [1.29, 1.82) is 0 Å². The van der Waals surface area contributed by atoms with Crippen LogP contribution in [-0.2, 0) is 11.8 Å². The van der Waals surface area contributed by atoms with Crippen LogP contribution in [-0.4, -0.2) is 45.9 Å². The fraction of sp³-hybridized carbons (Fsp3) is 0.636. The van der Waals surface area contributed by atoms with E-state index in [1.807, 2.05) is 13.8 Å². The molecule has 1 fully saturated rings. The number of rotatable bonds is 1. The van der Waals surface area contributed by atoms with Crippen LogP contribution >= 0.6 is 15.9 Å². The first-order valence-electron chi connectivity index (χ1n) is 5.61. The fourth-order valence-corrected chi connectivity index (χ4v) is 2.64. The van der Waals surface area contributed by atoms with Crippen molar-refractivity contribution in [2.75, 3.05) is 13.1 Å². The van der Waals surface area contributed by atoms with Crippen LogP contribution in [0, 0.1) is 0 Å². The molecular weight excluding hydrogens is 286 g/mol. The Kier molecular flexibility index (Phi) is 3.53. The Hall–Kier alpha value is -0.880. The highest BCUT2D eigenvalue weighted by atomic mass is 79.9. The number of aromatic nitrogens is 2. The monoisotopic (exact) mass is 301 g/mol. The van der Waals surface area contributed by atoms with E-state index in [-0.39, 0.29) is 18.1 Å². The van der Waals surface area contributed by atoms with E-state index in [4.69, 9.17) is 4.74 Å². The lowest BCUT2D eigenvalue weighted by molar-refractivity contribution is -0.0587. The van der Waals surface area contributed by atoms with Crippen LogP contribution in [0.15, 0.2) is 10.7 Å². The van der Waals surface area contributed by atoms with E-state index in [1.54, 1.807) is 22.8 Å². The standard InChI is InChI=1S/C11H16BrN3O2/c1-7-4-15(5-8(2)17-7)11(16)10-9(12)6-14(3)13-10/h6-8H,4-5H2,1-3H3/t7-,8-/m0/s1. The topological polar surface area (TPSA) is 47.4 Å². The Morgan fingerprint density at radius 2 is 2.06 bits per heavy atom. The number of hydrogen-bond acceptors (Lipinski definition) is 3. The van der Waals surface area contributed by atoms with Crippen molar-refractivity contribution in [1.82, 2.24) is 14.7 Å². The number of carbonyl (C=O) groups is 1. The molecule has 2 atom stereocenters. The van der Waals surface area contributed by atoms with Crippen LogP contribution in [0.2, 0.25) is 0 Å². The summed E-state index contributed by atoms with van der Waals surface area (Å²) in [6.45, 7) is 5.19. The molecule has 1 aliphatic heterocycles. The molecule has 1 saturated heterocycles. The Morgan fingerprint density at radius 1 is 1.47 bits per heavy atom. The largest absolute Gasteiger partial charge is 0.372 e. The van der Waals surface area contributed by atoms with Gasteiger partial charge >= 0.3 is 0 Å². The third-order valence-electron chi connectivity index (χ3n) is 2.69. The SMILES string of the molecule is C[C@H]1CN(C(=O)c2nn(C)cc2Br)C[C@H](C)O1. The highest BCUT2D eigenvalue weighted by Crippen LogP contribution is 2.19. The van der Waals surface area contributed by atoms with E-state index in [2.05, 4.69) is 21.0 Å². The first-order chi connectivity index (χ1) is 7.97. The lowest BCUT2D eigenvalue weighted by atomic mass is 10.2. The van der Waals surface area contributed by atoms with Crippen LogP contribution in [0.3, 0.4) is 0 Å². The zero-order valence-electron chi connectivity index (χ0n) is 10.2. The molecule has 0 N–H and O–H groups in total. The zero-order chi connectivity index (χ0) is 12.6. The lowest BCUT2D eigenvalue weighted by Crippen LogP contribution is -2.48. The number of morpholine rings is 1. The number of amides is 1. The van der Waals surface area contributed by atoms with E-state index in [9.17, 15) is 4.79 Å². The van der Waals surface area contributed by atoms with Gasteiger partial charge in [0.2, 0.25) is 0 Å². The van der Waals surface area contributed by atoms with Gasteiger partial charge in [-0.1, -0.05) is 0 Å². The van der Waals surface area contributed by atoms with E-state index < -0.39 is 0 Å². The van der Waals surface area contributed by atoms with Crippen LogP contribution in [0.1, 0.15) is 24.3 Å². The molecule has 0 saturated carbocycles. The molecule has 0 aliphatic carbocycles. The number of hydrogen-bond donors (Lipinski definition) is 0.